The van der Waals surface area contributed by atoms with Crippen LogP contribution in [0.25, 0.3) is 0 Å². The van der Waals surface area contributed by atoms with Gasteiger partial charge in [0, 0.05) is 11.1 Å². The molecule has 0 aliphatic carbocycles. The summed E-state index contributed by atoms with van der Waals surface area (Å²) in [7, 11) is 4.72. The van der Waals surface area contributed by atoms with E-state index in [1.54, 1.807) is 21.3 Å². The Hall–Kier alpha value is -3.18. The van der Waals surface area contributed by atoms with Crippen molar-refractivity contribution in [2.24, 2.45) is 0 Å². The fraction of sp³-hybridized carbons (Fsp3) is 0.280. The zero-order chi connectivity index (χ0) is 21.7. The molecule has 30 heavy (non-hydrogen) atoms. The van der Waals surface area contributed by atoms with Crippen molar-refractivity contribution < 1.29 is 24.1 Å². The van der Waals surface area contributed by atoms with Crippen LogP contribution in [-0.2, 0) is 0 Å². The van der Waals surface area contributed by atoms with E-state index in [1.807, 2.05) is 60.7 Å². The van der Waals surface area contributed by atoms with Crippen molar-refractivity contribution in [3.8, 4) is 28.7 Å². The van der Waals surface area contributed by atoms with Gasteiger partial charge in [-0.1, -0.05) is 44.2 Å². The van der Waals surface area contributed by atoms with Gasteiger partial charge in [-0.3, -0.25) is 0 Å². The molecule has 0 heterocycles. The summed E-state index contributed by atoms with van der Waals surface area (Å²) in [6.07, 6.45) is -0.900. The molecule has 1 unspecified atom stereocenters. The summed E-state index contributed by atoms with van der Waals surface area (Å²) in [6, 6.07) is 18.8. The van der Waals surface area contributed by atoms with Crippen LogP contribution in [0.1, 0.15) is 42.6 Å². The third-order valence-electron chi connectivity index (χ3n) is 4.95. The van der Waals surface area contributed by atoms with Gasteiger partial charge in [-0.25, -0.2) is 0 Å². The average Bonchev–Trinajstić information content (AvgIpc) is 2.78. The minimum absolute atomic E-state index is 0.173. The van der Waals surface area contributed by atoms with Gasteiger partial charge in [-0.15, -0.1) is 0 Å². The highest BCUT2D eigenvalue weighted by molar-refractivity contribution is 5.62. The van der Waals surface area contributed by atoms with Crippen LogP contribution in [0.3, 0.4) is 0 Å². The molecular formula is C25H28O5. The van der Waals surface area contributed by atoms with E-state index in [0.717, 1.165) is 16.9 Å². The van der Waals surface area contributed by atoms with Crippen LogP contribution in [0, 0.1) is 0 Å². The van der Waals surface area contributed by atoms with Crippen LogP contribution >= 0.6 is 0 Å². The van der Waals surface area contributed by atoms with Crippen molar-refractivity contribution in [1.29, 1.82) is 0 Å². The summed E-state index contributed by atoms with van der Waals surface area (Å²) in [5, 5.41) is 11.2. The highest BCUT2D eigenvalue weighted by Crippen LogP contribution is 2.47. The van der Waals surface area contributed by atoms with Crippen LogP contribution in [0.4, 0.5) is 0 Å². The Labute approximate surface area is 177 Å². The minimum atomic E-state index is -0.900. The van der Waals surface area contributed by atoms with Gasteiger partial charge in [-0.05, 0) is 41.8 Å². The Morgan fingerprint density at radius 1 is 0.667 bits per heavy atom. The third kappa shape index (κ3) is 4.36. The second-order valence-electron chi connectivity index (χ2n) is 7.20. The van der Waals surface area contributed by atoms with Gasteiger partial charge in [0.1, 0.15) is 17.6 Å². The molecule has 0 bridgehead atoms. The standard InChI is InChI=1S/C25H28O5/c1-16(2)20-15-21(24(28-4)25(29-5)23(20)27-3)22(26)17-11-13-19(14-12-17)30-18-9-7-6-8-10-18/h6-16,22,26H,1-5H3. The number of ether oxygens (including phenoxy) is 4. The molecule has 5 heteroatoms. The van der Waals surface area contributed by atoms with Crippen molar-refractivity contribution in [2.75, 3.05) is 21.3 Å². The van der Waals surface area contributed by atoms with E-state index < -0.39 is 6.10 Å². The van der Waals surface area contributed by atoms with Crippen LogP contribution in [0.2, 0.25) is 0 Å². The molecule has 3 aromatic carbocycles. The van der Waals surface area contributed by atoms with Crippen molar-refractivity contribution >= 4 is 0 Å². The first kappa shape index (κ1) is 21.5. The molecule has 0 aliphatic heterocycles. The molecule has 0 aliphatic rings. The molecule has 158 valence electrons. The van der Waals surface area contributed by atoms with Gasteiger partial charge < -0.3 is 24.1 Å². The van der Waals surface area contributed by atoms with Gasteiger partial charge in [-0.2, -0.15) is 0 Å². The molecule has 3 rings (SSSR count). The molecule has 0 radical (unpaired) electrons. The number of aliphatic hydroxyl groups excluding tert-OH is 1. The smallest absolute Gasteiger partial charge is 0.203 e. The number of para-hydroxylation sites is 1. The Morgan fingerprint density at radius 2 is 1.20 bits per heavy atom. The summed E-state index contributed by atoms with van der Waals surface area (Å²) >= 11 is 0. The van der Waals surface area contributed by atoms with Crippen molar-refractivity contribution in [3.63, 3.8) is 0 Å². The fourth-order valence-corrected chi connectivity index (χ4v) is 3.42. The first-order valence-corrected chi connectivity index (χ1v) is 9.83. The first-order valence-electron chi connectivity index (χ1n) is 9.83. The Morgan fingerprint density at radius 3 is 1.73 bits per heavy atom. The molecule has 1 N–H and O–H groups in total. The molecule has 5 nitrogen and oxygen atoms in total. The van der Waals surface area contributed by atoms with Crippen LogP contribution in [0.15, 0.2) is 60.7 Å². The molecular weight excluding hydrogens is 380 g/mol. The maximum Gasteiger partial charge on any atom is 0.203 e. The van der Waals surface area contributed by atoms with Gasteiger partial charge in [0.2, 0.25) is 5.75 Å². The summed E-state index contributed by atoms with van der Waals surface area (Å²) < 4.78 is 22.6. The quantitative estimate of drug-likeness (QED) is 0.517. The molecule has 0 spiro atoms. The SMILES string of the molecule is COc1c(C(C)C)cc(C(O)c2ccc(Oc3ccccc3)cc2)c(OC)c1OC. The van der Waals surface area contributed by atoms with Crippen molar-refractivity contribution in [1.82, 2.24) is 0 Å². The van der Waals surface area contributed by atoms with Crippen LogP contribution in [0.5, 0.6) is 28.7 Å². The van der Waals surface area contributed by atoms with E-state index in [-0.39, 0.29) is 5.92 Å². The lowest BCUT2D eigenvalue weighted by Gasteiger charge is -2.23. The van der Waals surface area contributed by atoms with E-state index in [2.05, 4.69) is 13.8 Å². The number of hydrogen-bond acceptors (Lipinski definition) is 5. The summed E-state index contributed by atoms with van der Waals surface area (Å²) in [5.74, 6) is 3.17. The van der Waals surface area contributed by atoms with E-state index in [1.165, 1.54) is 0 Å². The molecule has 0 fully saturated rings. The average molecular weight is 408 g/mol. The van der Waals surface area contributed by atoms with Gasteiger partial charge in [0.05, 0.1) is 21.3 Å². The van der Waals surface area contributed by atoms with Gasteiger partial charge >= 0.3 is 0 Å². The second kappa shape index (κ2) is 9.55. The molecule has 0 saturated heterocycles. The zero-order valence-corrected chi connectivity index (χ0v) is 18.0. The van der Waals surface area contributed by atoms with E-state index in [0.29, 0.717) is 28.6 Å². The fourth-order valence-electron chi connectivity index (χ4n) is 3.42. The Kier molecular flexibility index (Phi) is 6.85. The van der Waals surface area contributed by atoms with Gasteiger partial charge in [0.25, 0.3) is 0 Å². The normalized spacial score (nSPS) is 11.8. The zero-order valence-electron chi connectivity index (χ0n) is 18.0. The topological polar surface area (TPSA) is 57.2 Å². The lowest BCUT2D eigenvalue weighted by atomic mass is 9.93. The van der Waals surface area contributed by atoms with Crippen LogP contribution in [-0.4, -0.2) is 26.4 Å². The number of aliphatic hydroxyl groups is 1. The maximum atomic E-state index is 11.2. The predicted molar refractivity (Wildman–Crippen MR) is 117 cm³/mol. The Balaban J connectivity index is 1.97. The number of hydrogen-bond donors (Lipinski definition) is 1. The number of methoxy groups -OCH3 is 3. The number of rotatable bonds is 8. The van der Waals surface area contributed by atoms with Crippen molar-refractivity contribution in [3.05, 3.63) is 77.4 Å². The third-order valence-corrected chi connectivity index (χ3v) is 4.95. The highest BCUT2D eigenvalue weighted by Gasteiger charge is 2.26. The maximum absolute atomic E-state index is 11.2. The highest BCUT2D eigenvalue weighted by atomic mass is 16.5. The van der Waals surface area contributed by atoms with Crippen LogP contribution < -0.4 is 18.9 Å². The largest absolute Gasteiger partial charge is 0.492 e. The lowest BCUT2D eigenvalue weighted by molar-refractivity contribution is 0.212. The van der Waals surface area contributed by atoms with E-state index >= 15 is 0 Å². The van der Waals surface area contributed by atoms with E-state index in [4.69, 9.17) is 18.9 Å². The molecule has 0 saturated carbocycles. The lowest BCUT2D eigenvalue weighted by Crippen LogP contribution is -2.08. The molecule has 0 aromatic heterocycles. The molecule has 0 amide bonds. The minimum Gasteiger partial charge on any atom is -0.492 e. The first-order chi connectivity index (χ1) is 14.5. The summed E-state index contributed by atoms with van der Waals surface area (Å²) in [5.41, 5.74) is 2.28. The van der Waals surface area contributed by atoms with E-state index in [9.17, 15) is 5.11 Å². The predicted octanol–water partition coefficient (Wildman–Crippen LogP) is 5.71. The Bertz CT molecular complexity index is 965. The van der Waals surface area contributed by atoms with Gasteiger partial charge in [0.15, 0.2) is 11.5 Å². The monoisotopic (exact) mass is 408 g/mol. The summed E-state index contributed by atoms with van der Waals surface area (Å²) in [4.78, 5) is 0. The molecule has 1 atom stereocenters. The summed E-state index contributed by atoms with van der Waals surface area (Å²) in [6.45, 7) is 4.13. The second-order valence-corrected chi connectivity index (χ2v) is 7.20. The molecule has 3 aromatic rings. The number of benzene rings is 3. The van der Waals surface area contributed by atoms with Crippen molar-refractivity contribution in [2.45, 2.75) is 25.9 Å².